The van der Waals surface area contributed by atoms with Crippen LogP contribution < -0.4 is 11.1 Å². The van der Waals surface area contributed by atoms with Gasteiger partial charge in [-0.3, -0.25) is 4.79 Å². The first-order valence-electron chi connectivity index (χ1n) is 8.48. The van der Waals surface area contributed by atoms with E-state index in [4.69, 9.17) is 5.73 Å². The van der Waals surface area contributed by atoms with Gasteiger partial charge in [0.15, 0.2) is 0 Å². The Hall–Kier alpha value is -1.15. The molecule has 1 amide bonds. The maximum absolute atomic E-state index is 12.4. The fourth-order valence-corrected chi connectivity index (χ4v) is 4.19. The van der Waals surface area contributed by atoms with E-state index in [0.717, 1.165) is 24.8 Å². The molecule has 1 aliphatic rings. The molecule has 2 rings (SSSR count). The number of amides is 1. The van der Waals surface area contributed by atoms with E-state index in [1.54, 1.807) is 24.3 Å². The number of nitrogens with zero attached hydrogens (tertiary/aromatic N) is 1. The van der Waals surface area contributed by atoms with Gasteiger partial charge in [0.2, 0.25) is 15.9 Å². The summed E-state index contributed by atoms with van der Waals surface area (Å²) in [5.41, 5.74) is 6.74. The zero-order valence-corrected chi connectivity index (χ0v) is 16.4. The molecule has 3 N–H and O–H groups in total. The molecular formula is C17H28ClN3O3S. The van der Waals surface area contributed by atoms with E-state index < -0.39 is 16.1 Å². The van der Waals surface area contributed by atoms with Crippen molar-refractivity contribution < 1.29 is 13.2 Å². The number of hydrogen-bond donors (Lipinski definition) is 2. The molecule has 8 heteroatoms. The highest BCUT2D eigenvalue weighted by atomic mass is 35.5. The number of halogens is 1. The maximum Gasteiger partial charge on any atom is 0.243 e. The largest absolute Gasteiger partial charge is 0.351 e. The molecule has 1 aromatic carbocycles. The Morgan fingerprint density at radius 2 is 1.80 bits per heavy atom. The highest BCUT2D eigenvalue weighted by Crippen LogP contribution is 2.21. The molecule has 1 aromatic rings. The molecule has 0 saturated carbocycles. The summed E-state index contributed by atoms with van der Waals surface area (Å²) in [5, 5.41) is 2.80. The summed E-state index contributed by atoms with van der Waals surface area (Å²) in [5.74, 6) is -0.0592. The standard InChI is InChI=1S/C17H27N3O3S.ClH/c1-3-13(2)16(18)17(21)19-12-14-6-8-15(9-7-14)24(22,23)20-10-4-5-11-20;/h6-9,13,16H,3-5,10-12,18H2,1-2H3,(H,19,21);1H. The van der Waals surface area contributed by atoms with E-state index in [0.29, 0.717) is 24.5 Å². The number of hydrogen-bond acceptors (Lipinski definition) is 4. The first-order chi connectivity index (χ1) is 11.4. The lowest BCUT2D eigenvalue weighted by Crippen LogP contribution is -2.44. The van der Waals surface area contributed by atoms with Crippen LogP contribution in [-0.2, 0) is 21.4 Å². The molecule has 0 radical (unpaired) electrons. The summed E-state index contributed by atoms with van der Waals surface area (Å²) in [6.45, 7) is 5.47. The molecule has 25 heavy (non-hydrogen) atoms. The van der Waals surface area contributed by atoms with Crippen LogP contribution in [0.4, 0.5) is 0 Å². The van der Waals surface area contributed by atoms with Crippen molar-refractivity contribution in [1.82, 2.24) is 9.62 Å². The topological polar surface area (TPSA) is 92.5 Å². The fraction of sp³-hybridized carbons (Fsp3) is 0.588. The van der Waals surface area contributed by atoms with E-state index >= 15 is 0 Å². The average Bonchev–Trinajstić information content (AvgIpc) is 3.14. The Balaban J connectivity index is 0.00000312. The first kappa shape index (κ1) is 21.9. The van der Waals surface area contributed by atoms with Gasteiger partial charge in [0.1, 0.15) is 0 Å². The molecule has 2 atom stereocenters. The van der Waals surface area contributed by atoms with E-state index in [9.17, 15) is 13.2 Å². The van der Waals surface area contributed by atoms with Crippen LogP contribution in [0.3, 0.4) is 0 Å². The lowest BCUT2D eigenvalue weighted by molar-refractivity contribution is -0.123. The van der Waals surface area contributed by atoms with Crippen molar-refractivity contribution in [2.24, 2.45) is 11.7 Å². The molecule has 0 spiro atoms. The Morgan fingerprint density at radius 1 is 1.24 bits per heavy atom. The molecular weight excluding hydrogens is 362 g/mol. The summed E-state index contributed by atoms with van der Waals surface area (Å²) < 4.78 is 26.4. The Kier molecular flexibility index (Phi) is 8.34. The monoisotopic (exact) mass is 389 g/mol. The Bertz CT molecular complexity index is 658. The number of nitrogens with one attached hydrogen (secondary N) is 1. The summed E-state index contributed by atoms with van der Waals surface area (Å²) in [6.07, 6.45) is 2.68. The van der Waals surface area contributed by atoms with E-state index in [2.05, 4.69) is 5.32 Å². The third kappa shape index (κ3) is 5.41. The summed E-state index contributed by atoms with van der Waals surface area (Å²) >= 11 is 0. The van der Waals surface area contributed by atoms with Crippen LogP contribution in [0.5, 0.6) is 0 Å². The number of nitrogens with two attached hydrogens (primary N) is 1. The predicted molar refractivity (Wildman–Crippen MR) is 101 cm³/mol. The quantitative estimate of drug-likeness (QED) is 0.744. The van der Waals surface area contributed by atoms with Gasteiger partial charge < -0.3 is 11.1 Å². The van der Waals surface area contributed by atoms with Crippen LogP contribution in [0.1, 0.15) is 38.7 Å². The summed E-state index contributed by atoms with van der Waals surface area (Å²) in [4.78, 5) is 12.3. The smallest absolute Gasteiger partial charge is 0.243 e. The number of sulfonamides is 1. The summed E-state index contributed by atoms with van der Waals surface area (Å²) in [7, 11) is -3.39. The third-order valence-electron chi connectivity index (χ3n) is 4.65. The van der Waals surface area contributed by atoms with Gasteiger partial charge in [-0.2, -0.15) is 4.31 Å². The van der Waals surface area contributed by atoms with Crippen molar-refractivity contribution in [3.05, 3.63) is 29.8 Å². The number of carbonyl (C=O) groups is 1. The number of rotatable bonds is 7. The molecule has 0 aromatic heterocycles. The summed E-state index contributed by atoms with van der Waals surface area (Å²) in [6, 6.07) is 6.15. The van der Waals surface area contributed by atoms with Crippen molar-refractivity contribution in [3.8, 4) is 0 Å². The van der Waals surface area contributed by atoms with E-state index in [1.807, 2.05) is 13.8 Å². The lowest BCUT2D eigenvalue weighted by atomic mass is 9.99. The zero-order chi connectivity index (χ0) is 17.7. The van der Waals surface area contributed by atoms with Crippen molar-refractivity contribution in [1.29, 1.82) is 0 Å². The van der Waals surface area contributed by atoms with Gasteiger partial charge in [0, 0.05) is 19.6 Å². The van der Waals surface area contributed by atoms with Gasteiger partial charge in [-0.25, -0.2) is 8.42 Å². The second-order valence-corrected chi connectivity index (χ2v) is 8.32. The van der Waals surface area contributed by atoms with Crippen LogP contribution >= 0.6 is 12.4 Å². The van der Waals surface area contributed by atoms with E-state index in [1.165, 1.54) is 4.31 Å². The molecule has 1 heterocycles. The third-order valence-corrected chi connectivity index (χ3v) is 6.57. The maximum atomic E-state index is 12.4. The van der Waals surface area contributed by atoms with Crippen molar-refractivity contribution in [3.63, 3.8) is 0 Å². The second kappa shape index (κ2) is 9.52. The lowest BCUT2D eigenvalue weighted by Gasteiger charge is -2.18. The van der Waals surface area contributed by atoms with Crippen molar-refractivity contribution in [2.45, 2.75) is 50.6 Å². The van der Waals surface area contributed by atoms with Crippen LogP contribution in [0.15, 0.2) is 29.2 Å². The van der Waals surface area contributed by atoms with Gasteiger partial charge >= 0.3 is 0 Å². The minimum Gasteiger partial charge on any atom is -0.351 e. The van der Waals surface area contributed by atoms with Crippen molar-refractivity contribution in [2.75, 3.05) is 13.1 Å². The van der Waals surface area contributed by atoms with Crippen LogP contribution in [0.25, 0.3) is 0 Å². The van der Waals surface area contributed by atoms with Gasteiger partial charge in [-0.05, 0) is 36.5 Å². The minimum atomic E-state index is -3.39. The normalized spacial score (nSPS) is 17.6. The Labute approximate surface area is 156 Å². The highest BCUT2D eigenvalue weighted by molar-refractivity contribution is 7.89. The molecule has 1 fully saturated rings. The van der Waals surface area contributed by atoms with Gasteiger partial charge in [-0.1, -0.05) is 32.4 Å². The van der Waals surface area contributed by atoms with Gasteiger partial charge in [0.25, 0.3) is 0 Å². The molecule has 1 saturated heterocycles. The fourth-order valence-electron chi connectivity index (χ4n) is 2.68. The molecule has 6 nitrogen and oxygen atoms in total. The molecule has 1 aliphatic heterocycles. The SMILES string of the molecule is CCC(C)C(N)C(=O)NCc1ccc(S(=O)(=O)N2CCCC2)cc1.Cl. The van der Waals surface area contributed by atoms with Crippen LogP contribution in [0.2, 0.25) is 0 Å². The van der Waals surface area contributed by atoms with Gasteiger partial charge in [-0.15, -0.1) is 12.4 Å². The molecule has 0 aliphatic carbocycles. The number of benzene rings is 1. The van der Waals surface area contributed by atoms with Gasteiger partial charge in [0.05, 0.1) is 10.9 Å². The highest BCUT2D eigenvalue weighted by Gasteiger charge is 2.27. The Morgan fingerprint density at radius 3 is 2.32 bits per heavy atom. The van der Waals surface area contributed by atoms with Crippen molar-refractivity contribution >= 4 is 28.3 Å². The molecule has 0 bridgehead atoms. The first-order valence-corrected chi connectivity index (χ1v) is 9.92. The number of carbonyl (C=O) groups excluding carboxylic acids is 1. The van der Waals surface area contributed by atoms with E-state index in [-0.39, 0.29) is 24.2 Å². The molecule has 2 unspecified atom stereocenters. The predicted octanol–water partition coefficient (Wildman–Crippen LogP) is 1.88. The van der Waals surface area contributed by atoms with Crippen LogP contribution in [-0.4, -0.2) is 37.8 Å². The zero-order valence-electron chi connectivity index (χ0n) is 14.8. The average molecular weight is 390 g/mol. The molecule has 142 valence electrons. The second-order valence-electron chi connectivity index (χ2n) is 6.38. The minimum absolute atomic E-state index is 0. The van der Waals surface area contributed by atoms with Crippen LogP contribution in [0, 0.1) is 5.92 Å².